The molecule has 4 rings (SSSR count). The number of nitrogens with zero attached hydrogens (tertiary/aromatic N) is 3. The Morgan fingerprint density at radius 2 is 1.60 bits per heavy atom. The van der Waals surface area contributed by atoms with Crippen molar-refractivity contribution in [2.75, 3.05) is 31.9 Å². The summed E-state index contributed by atoms with van der Waals surface area (Å²) < 4.78 is 18.0. The van der Waals surface area contributed by atoms with E-state index in [1.165, 1.54) is 11.8 Å². The maximum absolute atomic E-state index is 12.7. The molecule has 1 aromatic heterocycles. The largest absolute Gasteiger partial charge is 0.497 e. The van der Waals surface area contributed by atoms with Gasteiger partial charge in [-0.1, -0.05) is 36.0 Å². The van der Waals surface area contributed by atoms with Crippen LogP contribution in [-0.4, -0.2) is 53.2 Å². The van der Waals surface area contributed by atoms with Gasteiger partial charge in [0.15, 0.2) is 11.0 Å². The highest BCUT2D eigenvalue weighted by Crippen LogP contribution is 2.29. The number of anilines is 1. The molecule has 0 aliphatic heterocycles. The lowest BCUT2D eigenvalue weighted by Crippen LogP contribution is -2.26. The summed E-state index contributed by atoms with van der Waals surface area (Å²) in [4.78, 5) is 25.4. The molecule has 3 aromatic carbocycles. The maximum atomic E-state index is 12.7. The van der Waals surface area contributed by atoms with Crippen LogP contribution in [0.2, 0.25) is 0 Å². The molecule has 2 amide bonds. The second-order valence-electron chi connectivity index (χ2n) is 8.50. The Labute approximate surface area is 237 Å². The third kappa shape index (κ3) is 7.54. The highest BCUT2D eigenvalue weighted by molar-refractivity contribution is 7.99. The van der Waals surface area contributed by atoms with Crippen LogP contribution in [0, 0.1) is 0 Å². The van der Waals surface area contributed by atoms with E-state index < -0.39 is 0 Å². The molecular weight excluding hydrogens is 530 g/mol. The van der Waals surface area contributed by atoms with E-state index in [1.54, 1.807) is 43.1 Å². The normalized spacial score (nSPS) is 10.6. The number of hydrogen-bond acceptors (Lipinski definition) is 8. The van der Waals surface area contributed by atoms with Crippen molar-refractivity contribution in [3.8, 4) is 22.9 Å². The zero-order valence-corrected chi connectivity index (χ0v) is 23.4. The van der Waals surface area contributed by atoms with Crippen molar-refractivity contribution in [1.82, 2.24) is 20.1 Å². The van der Waals surface area contributed by atoms with Crippen molar-refractivity contribution in [2.24, 2.45) is 0 Å². The van der Waals surface area contributed by atoms with Gasteiger partial charge >= 0.3 is 0 Å². The summed E-state index contributed by atoms with van der Waals surface area (Å²) in [6, 6.07) is 22.0. The zero-order chi connectivity index (χ0) is 28.3. The van der Waals surface area contributed by atoms with Crippen LogP contribution >= 0.6 is 11.8 Å². The van der Waals surface area contributed by atoms with Gasteiger partial charge in [0.1, 0.15) is 17.2 Å². The van der Waals surface area contributed by atoms with Crippen LogP contribution in [0.4, 0.5) is 5.69 Å². The standard InChI is InChI=1S/C29H31N5O5S/c1-4-39-23-15-11-21(12-16-23)31-28(36)19-40-29-33-32-26(34(29)24-7-5-6-8-25(24)38-3)18-30-27(35)17-20-9-13-22(37-2)14-10-20/h5-16H,4,17-19H2,1-3H3,(H,30,35)(H,31,36). The number of carbonyl (C=O) groups excluding carboxylic acids is 2. The summed E-state index contributed by atoms with van der Waals surface area (Å²) in [7, 11) is 3.18. The third-order valence-corrected chi connectivity index (χ3v) is 6.70. The minimum atomic E-state index is -0.196. The fraction of sp³-hybridized carbons (Fsp3) is 0.241. The fourth-order valence-corrected chi connectivity index (χ4v) is 4.63. The molecule has 0 spiro atoms. The predicted octanol–water partition coefficient (Wildman–Crippen LogP) is 4.27. The number of ether oxygens (including phenoxy) is 3. The molecule has 0 radical (unpaired) electrons. The predicted molar refractivity (Wildman–Crippen MR) is 153 cm³/mol. The molecule has 4 aromatic rings. The highest BCUT2D eigenvalue weighted by atomic mass is 32.2. The van der Waals surface area contributed by atoms with Gasteiger partial charge in [-0.25, -0.2) is 0 Å². The van der Waals surface area contributed by atoms with Crippen LogP contribution in [-0.2, 0) is 22.6 Å². The molecule has 0 aliphatic carbocycles. The van der Waals surface area contributed by atoms with Crippen LogP contribution in [0.5, 0.6) is 17.2 Å². The molecule has 2 N–H and O–H groups in total. The average molecular weight is 562 g/mol. The van der Waals surface area contributed by atoms with Gasteiger partial charge in [0.25, 0.3) is 0 Å². The van der Waals surface area contributed by atoms with Crippen molar-refractivity contribution in [3.05, 3.63) is 84.2 Å². The van der Waals surface area contributed by atoms with Crippen LogP contribution in [0.3, 0.4) is 0 Å². The monoisotopic (exact) mass is 561 g/mol. The van der Waals surface area contributed by atoms with E-state index >= 15 is 0 Å². The Morgan fingerprint density at radius 1 is 0.875 bits per heavy atom. The molecule has 0 aliphatic rings. The number of rotatable bonds is 13. The molecule has 0 atom stereocenters. The lowest BCUT2D eigenvalue weighted by molar-refractivity contribution is -0.120. The minimum Gasteiger partial charge on any atom is -0.497 e. The Hall–Kier alpha value is -4.51. The summed E-state index contributed by atoms with van der Waals surface area (Å²) in [5.74, 6) is 2.32. The topological polar surface area (TPSA) is 117 Å². The lowest BCUT2D eigenvalue weighted by atomic mass is 10.1. The molecular formula is C29H31N5O5S. The van der Waals surface area contributed by atoms with E-state index in [2.05, 4.69) is 20.8 Å². The van der Waals surface area contributed by atoms with Gasteiger partial charge in [-0.2, -0.15) is 0 Å². The third-order valence-electron chi connectivity index (χ3n) is 5.78. The summed E-state index contributed by atoms with van der Waals surface area (Å²) in [5, 5.41) is 14.9. The number of aromatic nitrogens is 3. The Morgan fingerprint density at radius 3 is 2.30 bits per heavy atom. The summed E-state index contributed by atoms with van der Waals surface area (Å²) in [5.41, 5.74) is 2.23. The van der Waals surface area contributed by atoms with E-state index in [0.29, 0.717) is 34.7 Å². The molecule has 0 bridgehead atoms. The first-order valence-electron chi connectivity index (χ1n) is 12.6. The molecule has 0 unspecified atom stereocenters. The summed E-state index contributed by atoms with van der Waals surface area (Å²) >= 11 is 1.23. The quantitative estimate of drug-likeness (QED) is 0.233. The van der Waals surface area contributed by atoms with E-state index in [-0.39, 0.29) is 30.5 Å². The first-order valence-corrected chi connectivity index (χ1v) is 13.6. The Bertz CT molecular complexity index is 1420. The SMILES string of the molecule is CCOc1ccc(NC(=O)CSc2nnc(CNC(=O)Cc3ccc(OC)cc3)n2-c2ccccc2OC)cc1. The minimum absolute atomic E-state index is 0.102. The number of para-hydroxylation sites is 2. The van der Waals surface area contributed by atoms with Crippen molar-refractivity contribution in [3.63, 3.8) is 0 Å². The number of carbonyl (C=O) groups is 2. The van der Waals surface area contributed by atoms with E-state index in [9.17, 15) is 9.59 Å². The number of nitrogens with one attached hydrogen (secondary N) is 2. The van der Waals surface area contributed by atoms with Crippen LogP contribution in [0.25, 0.3) is 5.69 Å². The molecule has 1 heterocycles. The fourth-order valence-electron chi connectivity index (χ4n) is 3.86. The zero-order valence-electron chi connectivity index (χ0n) is 22.5. The Balaban J connectivity index is 1.45. The first-order chi connectivity index (χ1) is 19.5. The maximum Gasteiger partial charge on any atom is 0.234 e. The molecule has 0 saturated carbocycles. The van der Waals surface area contributed by atoms with Gasteiger partial charge in [0, 0.05) is 5.69 Å². The van der Waals surface area contributed by atoms with E-state index in [4.69, 9.17) is 14.2 Å². The van der Waals surface area contributed by atoms with Gasteiger partial charge < -0.3 is 24.8 Å². The van der Waals surface area contributed by atoms with Crippen molar-refractivity contribution >= 4 is 29.3 Å². The van der Waals surface area contributed by atoms with Crippen molar-refractivity contribution in [1.29, 1.82) is 0 Å². The smallest absolute Gasteiger partial charge is 0.234 e. The number of amides is 2. The van der Waals surface area contributed by atoms with Crippen LogP contribution in [0.1, 0.15) is 18.3 Å². The summed E-state index contributed by atoms with van der Waals surface area (Å²) in [6.07, 6.45) is 0.208. The molecule has 11 heteroatoms. The molecule has 208 valence electrons. The number of methoxy groups -OCH3 is 2. The van der Waals surface area contributed by atoms with E-state index in [1.807, 2.05) is 55.5 Å². The second kappa shape index (κ2) is 14.0. The molecule has 0 saturated heterocycles. The van der Waals surface area contributed by atoms with Gasteiger partial charge in [-0.3, -0.25) is 14.2 Å². The van der Waals surface area contributed by atoms with Crippen LogP contribution in [0.15, 0.2) is 78.0 Å². The molecule has 10 nitrogen and oxygen atoms in total. The first kappa shape index (κ1) is 28.5. The second-order valence-corrected chi connectivity index (χ2v) is 9.44. The van der Waals surface area contributed by atoms with E-state index in [0.717, 1.165) is 17.1 Å². The van der Waals surface area contributed by atoms with Gasteiger partial charge in [-0.05, 0) is 61.0 Å². The highest BCUT2D eigenvalue weighted by Gasteiger charge is 2.19. The molecule has 40 heavy (non-hydrogen) atoms. The summed E-state index contributed by atoms with van der Waals surface area (Å²) in [6.45, 7) is 2.63. The number of thioether (sulfide) groups is 1. The number of benzene rings is 3. The van der Waals surface area contributed by atoms with Gasteiger partial charge in [0.2, 0.25) is 11.8 Å². The van der Waals surface area contributed by atoms with Gasteiger partial charge in [0.05, 0.1) is 45.2 Å². The number of hydrogen-bond donors (Lipinski definition) is 2. The van der Waals surface area contributed by atoms with Crippen molar-refractivity contribution < 1.29 is 23.8 Å². The van der Waals surface area contributed by atoms with Crippen LogP contribution < -0.4 is 24.8 Å². The Kier molecular flexibility index (Phi) is 10.0. The lowest BCUT2D eigenvalue weighted by Gasteiger charge is -2.14. The average Bonchev–Trinajstić information content (AvgIpc) is 3.39. The molecule has 0 fully saturated rings. The van der Waals surface area contributed by atoms with Gasteiger partial charge in [-0.15, -0.1) is 10.2 Å². The van der Waals surface area contributed by atoms with Crippen molar-refractivity contribution in [2.45, 2.75) is 25.0 Å².